The van der Waals surface area contributed by atoms with Crippen molar-refractivity contribution in [3.8, 4) is 55.9 Å². The van der Waals surface area contributed by atoms with Crippen LogP contribution in [0.15, 0.2) is 315 Å². The third-order valence-electron chi connectivity index (χ3n) is 16.2. The first-order valence-corrected chi connectivity index (χ1v) is 28.3. The molecule has 398 valence electrons. The van der Waals surface area contributed by atoms with Crippen LogP contribution in [0, 0.1) is 11.6 Å². The Hall–Kier alpha value is -11.1. The van der Waals surface area contributed by atoms with Crippen molar-refractivity contribution in [3.63, 3.8) is 0 Å². The monoisotopic (exact) mass is 1080 g/mol. The number of nitrogens with zero attached hydrogens (tertiary/aromatic N) is 4. The van der Waals surface area contributed by atoms with Crippen molar-refractivity contribution in [2.45, 2.75) is 0 Å². The molecule has 0 aliphatic carbocycles. The molecule has 0 unspecified atom stereocenters. The first-order valence-electron chi connectivity index (χ1n) is 28.3. The quantitative estimate of drug-likeness (QED) is 0.121. The fraction of sp³-hybridized carbons (Fsp3) is 0. The van der Waals surface area contributed by atoms with Gasteiger partial charge in [-0.15, -0.1) is 0 Å². The zero-order chi connectivity index (χ0) is 56.1. The van der Waals surface area contributed by atoms with Gasteiger partial charge in [0.05, 0.1) is 22.1 Å². The Bertz CT molecular complexity index is 4570. The molecule has 15 aromatic rings. The number of benzene rings is 13. The third-order valence-corrected chi connectivity index (χ3v) is 16.2. The molecule has 2 aromatic heterocycles. The second kappa shape index (κ2) is 21.1. The molecule has 0 spiro atoms. The number of halogens is 2. The van der Waals surface area contributed by atoms with Crippen LogP contribution in [-0.2, 0) is 0 Å². The van der Waals surface area contributed by atoms with E-state index in [1.807, 2.05) is 36.4 Å². The van der Waals surface area contributed by atoms with E-state index >= 15 is 0 Å². The van der Waals surface area contributed by atoms with Gasteiger partial charge < -0.3 is 18.9 Å². The van der Waals surface area contributed by atoms with Crippen molar-refractivity contribution < 1.29 is 8.78 Å². The molecule has 13 aromatic carbocycles. The van der Waals surface area contributed by atoms with Crippen LogP contribution in [0.3, 0.4) is 0 Å². The Kier molecular flexibility index (Phi) is 12.5. The van der Waals surface area contributed by atoms with Crippen LogP contribution in [0.1, 0.15) is 0 Å². The van der Waals surface area contributed by atoms with E-state index in [-0.39, 0.29) is 11.6 Å². The second-order valence-corrected chi connectivity index (χ2v) is 21.2. The van der Waals surface area contributed by atoms with E-state index in [4.69, 9.17) is 0 Å². The minimum atomic E-state index is -0.260. The highest BCUT2D eigenvalue weighted by Crippen LogP contribution is 2.44. The molecule has 0 aliphatic rings. The molecule has 0 aliphatic heterocycles. The van der Waals surface area contributed by atoms with Gasteiger partial charge in [-0.3, -0.25) is 0 Å². The maximum Gasteiger partial charge on any atom is 0.123 e. The Labute approximate surface area is 485 Å². The number of hydrogen-bond donors (Lipinski definition) is 0. The highest BCUT2D eigenvalue weighted by Gasteiger charge is 2.21. The van der Waals surface area contributed by atoms with Crippen LogP contribution in [0.4, 0.5) is 42.9 Å². The molecule has 6 heteroatoms. The van der Waals surface area contributed by atoms with Crippen LogP contribution in [0.25, 0.3) is 99.5 Å². The Morgan fingerprint density at radius 2 is 0.500 bits per heavy atom. The fourth-order valence-corrected chi connectivity index (χ4v) is 12.2. The summed E-state index contributed by atoms with van der Waals surface area (Å²) in [5.41, 5.74) is 21.2. The predicted octanol–water partition coefficient (Wildman–Crippen LogP) is 21.8. The maximum atomic E-state index is 14.2. The highest BCUT2D eigenvalue weighted by atomic mass is 19.1. The molecule has 0 bridgehead atoms. The van der Waals surface area contributed by atoms with Crippen molar-refractivity contribution in [3.05, 3.63) is 327 Å². The molecule has 0 atom stereocenters. The van der Waals surface area contributed by atoms with E-state index in [9.17, 15) is 8.78 Å². The molecule has 0 fully saturated rings. The molecule has 4 nitrogen and oxygen atoms in total. The first kappa shape index (κ1) is 49.9. The predicted molar refractivity (Wildman–Crippen MR) is 346 cm³/mol. The van der Waals surface area contributed by atoms with Crippen LogP contribution < -0.4 is 9.80 Å². The topological polar surface area (TPSA) is 16.3 Å². The van der Waals surface area contributed by atoms with E-state index in [1.54, 1.807) is 0 Å². The first-order chi connectivity index (χ1) is 41.5. The van der Waals surface area contributed by atoms with Crippen molar-refractivity contribution in [1.29, 1.82) is 0 Å². The number of hydrogen-bond acceptors (Lipinski definition) is 2. The van der Waals surface area contributed by atoms with E-state index in [1.165, 1.54) is 24.3 Å². The summed E-state index contributed by atoms with van der Waals surface area (Å²) in [7, 11) is 0. The largest absolute Gasteiger partial charge is 0.310 e. The Morgan fingerprint density at radius 1 is 0.202 bits per heavy atom. The molecule has 84 heavy (non-hydrogen) atoms. The van der Waals surface area contributed by atoms with Gasteiger partial charge in [0.2, 0.25) is 0 Å². The van der Waals surface area contributed by atoms with Gasteiger partial charge in [-0.1, -0.05) is 170 Å². The molecule has 15 rings (SSSR count). The summed E-state index contributed by atoms with van der Waals surface area (Å²) in [5, 5.41) is 4.46. The molecule has 0 N–H and O–H groups in total. The van der Waals surface area contributed by atoms with E-state index in [0.29, 0.717) is 0 Å². The van der Waals surface area contributed by atoms with Crippen LogP contribution in [0.5, 0.6) is 0 Å². The van der Waals surface area contributed by atoms with Gasteiger partial charge in [-0.25, -0.2) is 8.78 Å². The van der Waals surface area contributed by atoms with Crippen molar-refractivity contribution in [2.75, 3.05) is 9.80 Å². The molecular weight excluding hydrogens is 1030 g/mol. The van der Waals surface area contributed by atoms with Gasteiger partial charge >= 0.3 is 0 Å². The zero-order valence-electron chi connectivity index (χ0n) is 45.6. The smallest absolute Gasteiger partial charge is 0.123 e. The molecule has 0 saturated carbocycles. The van der Waals surface area contributed by atoms with Crippen LogP contribution in [-0.4, -0.2) is 9.13 Å². The number of aromatic nitrogens is 2. The van der Waals surface area contributed by atoms with E-state index < -0.39 is 0 Å². The lowest BCUT2D eigenvalue weighted by Crippen LogP contribution is -2.10. The van der Waals surface area contributed by atoms with Crippen molar-refractivity contribution in [2.24, 2.45) is 0 Å². The lowest BCUT2D eigenvalue weighted by Gasteiger charge is -2.26. The van der Waals surface area contributed by atoms with Gasteiger partial charge in [0.25, 0.3) is 0 Å². The van der Waals surface area contributed by atoms with E-state index in [0.717, 1.165) is 134 Å². The van der Waals surface area contributed by atoms with Crippen molar-refractivity contribution in [1.82, 2.24) is 9.13 Å². The number of anilines is 6. The summed E-state index contributed by atoms with van der Waals surface area (Å²) in [6, 6.07) is 109. The number of fused-ring (bicyclic) bond motifs is 6. The fourth-order valence-electron chi connectivity index (χ4n) is 12.2. The summed E-state index contributed by atoms with van der Waals surface area (Å²) in [5.74, 6) is -0.520. The molecule has 0 saturated heterocycles. The van der Waals surface area contributed by atoms with Crippen molar-refractivity contribution >= 4 is 77.7 Å². The minimum Gasteiger partial charge on any atom is -0.310 e. The summed E-state index contributed by atoms with van der Waals surface area (Å²) in [4.78, 5) is 4.67. The molecular formula is C78H52F2N4. The lowest BCUT2D eigenvalue weighted by atomic mass is 9.99. The van der Waals surface area contributed by atoms with Gasteiger partial charge in [-0.2, -0.15) is 0 Å². The standard InChI is InChI=1S/C78H52F2N4/c79-61-33-41-65(42-34-61)83-75-23-9-7-21-71(75)73-51-69(45-47-77(73)83)81(67-19-11-17-59(49-67)53-13-3-1-4-14-53)63-37-29-57(30-38-63)55-25-27-56(28-26-55)58-31-39-64(40-32-58)82(68-20-12-18-60(50-68)54-15-5-2-6-16-54)70-46-48-78-74(52-70)72-22-8-10-24-76(72)84(78)66-43-35-62(80)36-44-66/h1-52H. The van der Waals surface area contributed by atoms with Crippen LogP contribution >= 0.6 is 0 Å². The summed E-state index contributed by atoms with van der Waals surface area (Å²) < 4.78 is 32.8. The van der Waals surface area contributed by atoms with E-state index in [2.05, 4.69) is 274 Å². The average molecular weight is 1080 g/mol. The highest BCUT2D eigenvalue weighted by molar-refractivity contribution is 6.12. The minimum absolute atomic E-state index is 0.260. The normalized spacial score (nSPS) is 11.5. The second-order valence-electron chi connectivity index (χ2n) is 21.2. The Balaban J connectivity index is 0.761. The number of para-hydroxylation sites is 2. The SMILES string of the molecule is Fc1ccc(-n2c3ccccc3c3cc(N(c4ccc(-c5ccc(-c6ccc(N(c7cccc(-c8ccccc8)c7)c7ccc8c(c7)c7ccccc7n8-c7ccc(F)cc7)cc6)cc5)cc4)c4cccc(-c5ccccc5)c4)ccc32)cc1. The van der Waals surface area contributed by atoms with Gasteiger partial charge in [-0.05, 0) is 190 Å². The van der Waals surface area contributed by atoms with Gasteiger partial charge in [0.15, 0.2) is 0 Å². The summed E-state index contributed by atoms with van der Waals surface area (Å²) in [6.07, 6.45) is 0. The van der Waals surface area contributed by atoms with Gasteiger partial charge in [0.1, 0.15) is 11.6 Å². The summed E-state index contributed by atoms with van der Waals surface area (Å²) >= 11 is 0. The maximum absolute atomic E-state index is 14.2. The molecule has 0 radical (unpaired) electrons. The Morgan fingerprint density at radius 3 is 0.893 bits per heavy atom. The van der Waals surface area contributed by atoms with Crippen LogP contribution in [0.2, 0.25) is 0 Å². The molecule has 2 heterocycles. The zero-order valence-corrected chi connectivity index (χ0v) is 45.6. The molecule has 0 amide bonds. The summed E-state index contributed by atoms with van der Waals surface area (Å²) in [6.45, 7) is 0. The average Bonchev–Trinajstić information content (AvgIpc) is 3.14. The number of rotatable bonds is 12. The lowest BCUT2D eigenvalue weighted by molar-refractivity contribution is 0.627. The van der Waals surface area contributed by atoms with Gasteiger partial charge in [0, 0.05) is 67.0 Å². The third kappa shape index (κ3) is 9.13.